The number of hydrogen-bond donors (Lipinski definition) is 0. The fraction of sp³-hybridized carbons (Fsp3) is 0.0769. The number of aromatic nitrogens is 1. The van der Waals surface area contributed by atoms with Gasteiger partial charge in [-0.05, 0) is 12.1 Å². The number of sulfone groups is 1. The summed E-state index contributed by atoms with van der Waals surface area (Å²) in [6.07, 6.45) is -4.74. The average molecular weight is 376 g/mol. The molecule has 0 unspecified atom stereocenters. The maximum absolute atomic E-state index is 12.5. The van der Waals surface area contributed by atoms with E-state index in [9.17, 15) is 36.5 Å². The summed E-state index contributed by atoms with van der Waals surface area (Å²) in [5.74, 6) is -3.92. The topological polar surface area (TPSA) is 116 Å². The van der Waals surface area contributed by atoms with Gasteiger partial charge in [-0.3, -0.25) is 10.1 Å². The van der Waals surface area contributed by atoms with Gasteiger partial charge in [0, 0.05) is 12.3 Å². The largest absolute Gasteiger partial charge is 0.491 e. The molecule has 1 aromatic heterocycles. The van der Waals surface area contributed by atoms with Crippen molar-refractivity contribution in [2.24, 2.45) is 0 Å². The summed E-state index contributed by atoms with van der Waals surface area (Å²) in [5.41, 5.74) is -1.37. The average Bonchev–Trinajstić information content (AvgIpc) is 2.54. The van der Waals surface area contributed by atoms with Crippen molar-refractivity contribution in [3.05, 3.63) is 52.7 Å². The first kappa shape index (κ1) is 18.3. The molecular weight excluding hydrogens is 369 g/mol. The van der Waals surface area contributed by atoms with E-state index in [1.54, 1.807) is 0 Å². The standard InChI is InChI=1S/C13H7F3N2O6S/c14-13(15,16)12(19)24-9-6-7-17-11(10(9)18(20)21)25(22,23)8-4-2-1-3-5-8/h1-7H. The lowest BCUT2D eigenvalue weighted by molar-refractivity contribution is -0.389. The number of pyridine rings is 1. The zero-order valence-corrected chi connectivity index (χ0v) is 12.7. The van der Waals surface area contributed by atoms with Gasteiger partial charge in [0.2, 0.25) is 20.6 Å². The molecule has 0 radical (unpaired) electrons. The lowest BCUT2D eigenvalue weighted by Gasteiger charge is -2.09. The van der Waals surface area contributed by atoms with Crippen LogP contribution in [0.25, 0.3) is 0 Å². The van der Waals surface area contributed by atoms with Crippen LogP contribution in [-0.4, -0.2) is 30.5 Å². The van der Waals surface area contributed by atoms with E-state index in [1.807, 2.05) is 0 Å². The summed E-state index contributed by atoms with van der Waals surface area (Å²) in [5, 5.41) is 10.0. The lowest BCUT2D eigenvalue weighted by atomic mass is 10.4. The fourth-order valence-corrected chi connectivity index (χ4v) is 3.10. The molecule has 0 aliphatic heterocycles. The van der Waals surface area contributed by atoms with E-state index in [0.717, 1.165) is 12.1 Å². The number of esters is 1. The van der Waals surface area contributed by atoms with Crippen molar-refractivity contribution < 1.29 is 36.0 Å². The smallest absolute Gasteiger partial charge is 0.412 e. The Bertz CT molecular complexity index is 929. The van der Waals surface area contributed by atoms with Crippen molar-refractivity contribution in [2.75, 3.05) is 0 Å². The Labute approximate surface area is 137 Å². The second-order valence-corrected chi connectivity index (χ2v) is 6.29. The molecule has 0 N–H and O–H groups in total. The van der Waals surface area contributed by atoms with Gasteiger partial charge in [-0.25, -0.2) is 18.2 Å². The quantitative estimate of drug-likeness (QED) is 0.456. The molecule has 1 heterocycles. The second kappa shape index (κ2) is 6.47. The van der Waals surface area contributed by atoms with Crippen LogP contribution in [0.2, 0.25) is 0 Å². The highest BCUT2D eigenvalue weighted by Gasteiger charge is 2.43. The monoisotopic (exact) mass is 376 g/mol. The first-order valence-corrected chi connectivity index (χ1v) is 7.76. The number of benzene rings is 1. The predicted molar refractivity (Wildman–Crippen MR) is 74.5 cm³/mol. The third-order valence-corrected chi connectivity index (χ3v) is 4.48. The van der Waals surface area contributed by atoms with Crippen molar-refractivity contribution in [3.8, 4) is 5.75 Å². The second-order valence-electron chi connectivity index (χ2n) is 4.42. The summed E-state index contributed by atoms with van der Waals surface area (Å²) >= 11 is 0. The van der Waals surface area contributed by atoms with Crippen molar-refractivity contribution in [2.45, 2.75) is 16.1 Å². The van der Waals surface area contributed by atoms with Crippen molar-refractivity contribution in [3.63, 3.8) is 0 Å². The number of carbonyl (C=O) groups excluding carboxylic acids is 1. The van der Waals surface area contributed by atoms with Gasteiger partial charge < -0.3 is 4.74 Å². The number of nitro groups is 1. The van der Waals surface area contributed by atoms with E-state index < -0.39 is 43.4 Å². The SMILES string of the molecule is O=C(Oc1ccnc(S(=O)(=O)c2ccccc2)c1[N+](=O)[O-])C(F)(F)F. The van der Waals surface area contributed by atoms with E-state index in [1.165, 1.54) is 18.2 Å². The molecule has 0 spiro atoms. The normalized spacial score (nSPS) is 11.8. The molecule has 0 bridgehead atoms. The van der Waals surface area contributed by atoms with Crippen LogP contribution in [-0.2, 0) is 14.6 Å². The van der Waals surface area contributed by atoms with Gasteiger partial charge in [-0.2, -0.15) is 13.2 Å². The maximum atomic E-state index is 12.5. The number of halogens is 3. The van der Waals surface area contributed by atoms with Gasteiger partial charge in [-0.15, -0.1) is 0 Å². The summed E-state index contributed by atoms with van der Waals surface area (Å²) in [6.45, 7) is 0. The maximum Gasteiger partial charge on any atom is 0.491 e. The Morgan fingerprint density at radius 2 is 1.76 bits per heavy atom. The third-order valence-electron chi connectivity index (χ3n) is 2.78. The summed E-state index contributed by atoms with van der Waals surface area (Å²) < 4.78 is 65.7. The summed E-state index contributed by atoms with van der Waals surface area (Å²) in [4.78, 5) is 23.8. The van der Waals surface area contributed by atoms with E-state index in [4.69, 9.17) is 0 Å². The van der Waals surface area contributed by atoms with E-state index in [0.29, 0.717) is 12.3 Å². The molecule has 0 saturated heterocycles. The molecule has 132 valence electrons. The van der Waals surface area contributed by atoms with Crippen LogP contribution in [0.3, 0.4) is 0 Å². The van der Waals surface area contributed by atoms with Crippen LogP contribution in [0.1, 0.15) is 0 Å². The minimum atomic E-state index is -5.42. The molecule has 25 heavy (non-hydrogen) atoms. The van der Waals surface area contributed by atoms with Crippen LogP contribution in [0.4, 0.5) is 18.9 Å². The van der Waals surface area contributed by atoms with Gasteiger partial charge >= 0.3 is 17.8 Å². The van der Waals surface area contributed by atoms with Crippen LogP contribution in [0, 0.1) is 10.1 Å². The van der Waals surface area contributed by atoms with E-state index in [-0.39, 0.29) is 4.90 Å². The number of nitrogens with zero attached hydrogens (tertiary/aromatic N) is 2. The van der Waals surface area contributed by atoms with E-state index >= 15 is 0 Å². The van der Waals surface area contributed by atoms with Crippen LogP contribution in [0.15, 0.2) is 52.5 Å². The molecule has 0 amide bonds. The van der Waals surface area contributed by atoms with Gasteiger partial charge in [-0.1, -0.05) is 18.2 Å². The molecule has 2 aromatic rings. The number of carbonyl (C=O) groups is 1. The minimum absolute atomic E-state index is 0.370. The molecular formula is C13H7F3N2O6S. The van der Waals surface area contributed by atoms with E-state index in [2.05, 4.69) is 9.72 Å². The molecule has 0 aliphatic rings. The number of hydrogen-bond acceptors (Lipinski definition) is 7. The predicted octanol–water partition coefficient (Wildman–Crippen LogP) is 2.29. The molecule has 0 aliphatic carbocycles. The van der Waals surface area contributed by atoms with Gasteiger partial charge in [0.25, 0.3) is 0 Å². The minimum Gasteiger partial charge on any atom is -0.412 e. The molecule has 12 heteroatoms. The van der Waals surface area contributed by atoms with Crippen molar-refractivity contribution in [1.29, 1.82) is 0 Å². The Balaban J connectivity index is 2.63. The molecule has 0 saturated carbocycles. The number of rotatable bonds is 4. The Hall–Kier alpha value is -3.02. The zero-order valence-electron chi connectivity index (χ0n) is 11.9. The van der Waals surface area contributed by atoms with Gasteiger partial charge in [0.15, 0.2) is 0 Å². The van der Waals surface area contributed by atoms with Gasteiger partial charge in [0.05, 0.1) is 9.82 Å². The molecule has 0 fully saturated rings. The number of alkyl halides is 3. The summed E-state index contributed by atoms with van der Waals surface area (Å²) in [6, 6.07) is 7.00. The molecule has 8 nitrogen and oxygen atoms in total. The molecule has 0 atom stereocenters. The Morgan fingerprint density at radius 1 is 1.16 bits per heavy atom. The highest BCUT2D eigenvalue weighted by molar-refractivity contribution is 7.91. The summed E-state index contributed by atoms with van der Waals surface area (Å²) in [7, 11) is -4.53. The molecule has 2 rings (SSSR count). The first-order chi connectivity index (χ1) is 11.5. The third kappa shape index (κ3) is 3.74. The Morgan fingerprint density at radius 3 is 2.28 bits per heavy atom. The van der Waals surface area contributed by atoms with Crippen LogP contribution < -0.4 is 4.74 Å². The van der Waals surface area contributed by atoms with Crippen molar-refractivity contribution in [1.82, 2.24) is 4.98 Å². The first-order valence-electron chi connectivity index (χ1n) is 6.27. The zero-order chi connectivity index (χ0) is 18.8. The van der Waals surface area contributed by atoms with Crippen LogP contribution >= 0.6 is 0 Å². The van der Waals surface area contributed by atoms with Crippen LogP contribution in [0.5, 0.6) is 5.75 Å². The lowest BCUT2D eigenvalue weighted by Crippen LogP contribution is -2.28. The Kier molecular flexibility index (Phi) is 4.74. The fourth-order valence-electron chi connectivity index (χ4n) is 1.73. The van der Waals surface area contributed by atoms with Gasteiger partial charge in [0.1, 0.15) is 0 Å². The number of ether oxygens (including phenoxy) is 1. The highest BCUT2D eigenvalue weighted by atomic mass is 32.2. The molecule has 1 aromatic carbocycles. The van der Waals surface area contributed by atoms with Crippen molar-refractivity contribution >= 4 is 21.5 Å². The highest BCUT2D eigenvalue weighted by Crippen LogP contribution is 2.36.